The summed E-state index contributed by atoms with van der Waals surface area (Å²) in [5.74, 6) is 0.660. The molecule has 1 rings (SSSR count). The SMILES string of the molecule is C[C@@H](COC(C)(C)C)CN1CCCC1. The van der Waals surface area contributed by atoms with Crippen LogP contribution >= 0.6 is 0 Å². The Kier molecular flexibility index (Phi) is 4.39. The van der Waals surface area contributed by atoms with Crippen molar-refractivity contribution < 1.29 is 4.74 Å². The van der Waals surface area contributed by atoms with Gasteiger partial charge in [0.25, 0.3) is 0 Å². The molecule has 0 amide bonds. The number of nitrogens with zero attached hydrogens (tertiary/aromatic N) is 1. The molecule has 1 atom stereocenters. The van der Waals surface area contributed by atoms with E-state index in [-0.39, 0.29) is 5.60 Å². The lowest BCUT2D eigenvalue weighted by Crippen LogP contribution is -2.30. The molecule has 14 heavy (non-hydrogen) atoms. The zero-order valence-electron chi connectivity index (χ0n) is 10.2. The molecule has 1 saturated heterocycles. The fourth-order valence-corrected chi connectivity index (χ4v) is 1.85. The van der Waals surface area contributed by atoms with Gasteiger partial charge >= 0.3 is 0 Å². The summed E-state index contributed by atoms with van der Waals surface area (Å²) < 4.78 is 5.77. The van der Waals surface area contributed by atoms with E-state index in [2.05, 4.69) is 32.6 Å². The van der Waals surface area contributed by atoms with Crippen LogP contribution in [0.15, 0.2) is 0 Å². The number of hydrogen-bond acceptors (Lipinski definition) is 2. The van der Waals surface area contributed by atoms with Crippen LogP contribution in [0.2, 0.25) is 0 Å². The monoisotopic (exact) mass is 199 g/mol. The highest BCUT2D eigenvalue weighted by atomic mass is 16.5. The second-order valence-corrected chi connectivity index (χ2v) is 5.54. The van der Waals surface area contributed by atoms with Gasteiger partial charge in [-0.2, -0.15) is 0 Å². The van der Waals surface area contributed by atoms with Gasteiger partial charge in [-0.1, -0.05) is 6.92 Å². The lowest BCUT2D eigenvalue weighted by molar-refractivity contribution is -0.0234. The molecule has 1 fully saturated rings. The second kappa shape index (κ2) is 5.13. The number of hydrogen-bond donors (Lipinski definition) is 0. The first-order chi connectivity index (χ1) is 6.47. The zero-order chi connectivity index (χ0) is 10.6. The van der Waals surface area contributed by atoms with Crippen molar-refractivity contribution in [2.75, 3.05) is 26.2 Å². The summed E-state index contributed by atoms with van der Waals surface area (Å²) in [5, 5.41) is 0. The minimum atomic E-state index is 0.0132. The summed E-state index contributed by atoms with van der Waals surface area (Å²) >= 11 is 0. The molecule has 2 nitrogen and oxygen atoms in total. The fourth-order valence-electron chi connectivity index (χ4n) is 1.85. The minimum Gasteiger partial charge on any atom is -0.376 e. The van der Waals surface area contributed by atoms with Crippen molar-refractivity contribution in [3.8, 4) is 0 Å². The first-order valence-corrected chi connectivity index (χ1v) is 5.84. The van der Waals surface area contributed by atoms with E-state index in [1.54, 1.807) is 0 Å². The number of likely N-dealkylation sites (tertiary alicyclic amines) is 1. The summed E-state index contributed by atoms with van der Waals surface area (Å²) in [6.45, 7) is 13.3. The van der Waals surface area contributed by atoms with Gasteiger partial charge in [-0.05, 0) is 52.6 Å². The third-order valence-electron chi connectivity index (χ3n) is 2.57. The summed E-state index contributed by atoms with van der Waals surface area (Å²) in [5.41, 5.74) is 0.0132. The Labute approximate surface area is 88.6 Å². The molecule has 0 unspecified atom stereocenters. The van der Waals surface area contributed by atoms with Gasteiger partial charge in [0.15, 0.2) is 0 Å². The van der Waals surface area contributed by atoms with Crippen molar-refractivity contribution in [1.82, 2.24) is 4.90 Å². The van der Waals surface area contributed by atoms with Crippen LogP contribution in [0.4, 0.5) is 0 Å². The molecule has 84 valence electrons. The maximum Gasteiger partial charge on any atom is 0.0598 e. The fraction of sp³-hybridized carbons (Fsp3) is 1.00. The molecule has 1 heterocycles. The van der Waals surface area contributed by atoms with Gasteiger partial charge in [0, 0.05) is 6.54 Å². The molecule has 0 aliphatic carbocycles. The summed E-state index contributed by atoms with van der Waals surface area (Å²) in [4.78, 5) is 2.55. The van der Waals surface area contributed by atoms with Gasteiger partial charge in [-0.3, -0.25) is 0 Å². The molecule has 0 saturated carbocycles. The molecule has 0 aromatic carbocycles. The van der Waals surface area contributed by atoms with E-state index in [0.29, 0.717) is 5.92 Å². The predicted molar refractivity (Wildman–Crippen MR) is 60.5 cm³/mol. The highest BCUT2D eigenvalue weighted by Crippen LogP contribution is 2.13. The molecule has 2 heteroatoms. The lowest BCUT2D eigenvalue weighted by atomic mass is 10.1. The second-order valence-electron chi connectivity index (χ2n) is 5.54. The Balaban J connectivity index is 2.12. The topological polar surface area (TPSA) is 12.5 Å². The van der Waals surface area contributed by atoms with E-state index in [1.807, 2.05) is 0 Å². The quantitative estimate of drug-likeness (QED) is 0.690. The number of rotatable bonds is 4. The predicted octanol–water partition coefficient (Wildman–Crippen LogP) is 2.53. The van der Waals surface area contributed by atoms with Crippen molar-refractivity contribution in [3.63, 3.8) is 0 Å². The Morgan fingerprint density at radius 1 is 1.21 bits per heavy atom. The van der Waals surface area contributed by atoms with Crippen molar-refractivity contribution >= 4 is 0 Å². The van der Waals surface area contributed by atoms with Gasteiger partial charge in [0.2, 0.25) is 0 Å². The van der Waals surface area contributed by atoms with Gasteiger partial charge in [0.1, 0.15) is 0 Å². The molecule has 0 aromatic rings. The Morgan fingerprint density at radius 3 is 2.29 bits per heavy atom. The van der Waals surface area contributed by atoms with E-state index < -0.39 is 0 Å². The first kappa shape index (κ1) is 12.0. The van der Waals surface area contributed by atoms with Crippen LogP contribution in [0.1, 0.15) is 40.5 Å². The van der Waals surface area contributed by atoms with Crippen molar-refractivity contribution in [3.05, 3.63) is 0 Å². The Morgan fingerprint density at radius 2 is 1.79 bits per heavy atom. The third-order valence-corrected chi connectivity index (χ3v) is 2.57. The third kappa shape index (κ3) is 4.97. The molecule has 0 aromatic heterocycles. The largest absolute Gasteiger partial charge is 0.376 e. The van der Waals surface area contributed by atoms with Crippen LogP contribution in [-0.2, 0) is 4.74 Å². The molecular weight excluding hydrogens is 174 g/mol. The Hall–Kier alpha value is -0.0800. The average Bonchev–Trinajstić information content (AvgIpc) is 2.52. The maximum atomic E-state index is 5.77. The van der Waals surface area contributed by atoms with Crippen LogP contribution in [0.3, 0.4) is 0 Å². The summed E-state index contributed by atoms with van der Waals surface area (Å²) in [6, 6.07) is 0. The van der Waals surface area contributed by atoms with Crippen LogP contribution in [0.5, 0.6) is 0 Å². The van der Waals surface area contributed by atoms with E-state index in [1.165, 1.54) is 32.5 Å². The standard InChI is InChI=1S/C12H25NO/c1-11(10-14-12(2,3)4)9-13-7-5-6-8-13/h11H,5-10H2,1-4H3/t11-/m1/s1. The maximum absolute atomic E-state index is 5.77. The van der Waals surface area contributed by atoms with Crippen molar-refractivity contribution in [2.24, 2.45) is 5.92 Å². The van der Waals surface area contributed by atoms with Gasteiger partial charge in [-0.25, -0.2) is 0 Å². The van der Waals surface area contributed by atoms with Crippen LogP contribution in [0, 0.1) is 5.92 Å². The van der Waals surface area contributed by atoms with E-state index in [0.717, 1.165) is 6.61 Å². The molecule has 1 aliphatic heterocycles. The smallest absolute Gasteiger partial charge is 0.0598 e. The van der Waals surface area contributed by atoms with Crippen LogP contribution < -0.4 is 0 Å². The van der Waals surface area contributed by atoms with Gasteiger partial charge in [-0.15, -0.1) is 0 Å². The first-order valence-electron chi connectivity index (χ1n) is 5.84. The Bertz CT molecular complexity index is 156. The minimum absolute atomic E-state index is 0.0132. The highest BCUT2D eigenvalue weighted by Gasteiger charge is 2.17. The molecule has 0 bridgehead atoms. The van der Waals surface area contributed by atoms with Crippen LogP contribution in [0.25, 0.3) is 0 Å². The lowest BCUT2D eigenvalue weighted by Gasteiger charge is -2.25. The van der Waals surface area contributed by atoms with Crippen molar-refractivity contribution in [2.45, 2.75) is 46.1 Å². The average molecular weight is 199 g/mol. The highest BCUT2D eigenvalue weighted by molar-refractivity contribution is 4.69. The molecule has 0 spiro atoms. The van der Waals surface area contributed by atoms with Gasteiger partial charge < -0.3 is 9.64 Å². The molecule has 1 aliphatic rings. The zero-order valence-corrected chi connectivity index (χ0v) is 10.2. The molecular formula is C12H25NO. The van der Waals surface area contributed by atoms with Crippen molar-refractivity contribution in [1.29, 1.82) is 0 Å². The summed E-state index contributed by atoms with van der Waals surface area (Å²) in [6.07, 6.45) is 2.76. The van der Waals surface area contributed by atoms with E-state index in [4.69, 9.17) is 4.74 Å². The van der Waals surface area contributed by atoms with Gasteiger partial charge in [0.05, 0.1) is 12.2 Å². The molecule has 0 radical (unpaired) electrons. The van der Waals surface area contributed by atoms with E-state index >= 15 is 0 Å². The normalized spacial score (nSPS) is 21.4. The number of ether oxygens (including phenoxy) is 1. The molecule has 0 N–H and O–H groups in total. The van der Waals surface area contributed by atoms with Crippen LogP contribution in [-0.4, -0.2) is 36.7 Å². The van der Waals surface area contributed by atoms with E-state index in [9.17, 15) is 0 Å². The summed E-state index contributed by atoms with van der Waals surface area (Å²) in [7, 11) is 0.